The third kappa shape index (κ3) is 6.45. The van der Waals surface area contributed by atoms with E-state index in [2.05, 4.69) is 5.32 Å². The van der Waals surface area contributed by atoms with Crippen LogP contribution in [0, 0.1) is 22.2 Å². The largest absolute Gasteiger partial charge is 0.509 e. The van der Waals surface area contributed by atoms with Crippen molar-refractivity contribution in [2.75, 3.05) is 13.2 Å². The Bertz CT molecular complexity index is 1900. The minimum Gasteiger partial charge on any atom is -0.454 e. The summed E-state index contributed by atoms with van der Waals surface area (Å²) in [5.74, 6) is -4.92. The molecule has 7 rings (SSSR count). The van der Waals surface area contributed by atoms with E-state index in [1.54, 1.807) is 52.8 Å². The summed E-state index contributed by atoms with van der Waals surface area (Å²) in [6.45, 7) is 12.3. The van der Waals surface area contributed by atoms with E-state index in [9.17, 15) is 44.4 Å². The average Bonchev–Trinajstić information content (AvgIpc) is 3.83. The quantitative estimate of drug-likeness (QED) is 0.142. The fraction of sp³-hybridized carbons (Fsp3) is 0.690. The minimum atomic E-state index is -2.27. The number of hydrogen-bond acceptors (Lipinski definition) is 16. The molecule has 17 nitrogen and oxygen atoms in total. The predicted octanol–water partition coefficient (Wildman–Crippen LogP) is 1.65. The summed E-state index contributed by atoms with van der Waals surface area (Å²) in [7, 11) is 0. The summed E-state index contributed by atoms with van der Waals surface area (Å²) in [5, 5.41) is 51.4. The average molecular weight is 830 g/mol. The first kappa shape index (κ1) is 43.0. The molecule has 5 fully saturated rings. The van der Waals surface area contributed by atoms with Gasteiger partial charge in [0, 0.05) is 36.2 Å². The second-order valence-corrected chi connectivity index (χ2v) is 18.5. The van der Waals surface area contributed by atoms with Crippen LogP contribution in [0.5, 0.6) is 0 Å². The Balaban J connectivity index is 1.42. The van der Waals surface area contributed by atoms with Crippen molar-refractivity contribution in [3.8, 4) is 0 Å². The third-order valence-electron chi connectivity index (χ3n) is 13.8. The number of hydrogen-bond donors (Lipinski definition) is 5. The Morgan fingerprint density at radius 1 is 1.00 bits per heavy atom. The Morgan fingerprint density at radius 3 is 2.25 bits per heavy atom. The van der Waals surface area contributed by atoms with Crippen LogP contribution in [-0.2, 0) is 47.5 Å². The monoisotopic (exact) mass is 829 g/mol. The van der Waals surface area contributed by atoms with Crippen LogP contribution in [0.15, 0.2) is 41.5 Å². The lowest BCUT2D eigenvalue weighted by atomic mass is 9.44. The maximum atomic E-state index is 14.4. The number of aliphatic hydroxyl groups is 4. The standard InChI is InChI=1S/C42H55NO16/c1-19-25-27(46)31(48)40(8)23(45)17-24-41(18-54-24,58-20(2)44)30(40)33(56-34(49)21-13-10-9-11-14-21)42(39(25,6)7)32(57-37(52)59-42)29(19)55-35(50)28(47)26(22-15-12-16-53-22)43-36(51)38(3,4)5/h9-11,13-14,22-24,26-33,45-48H,12,15-18H2,1-8H3,(H,43,51)/t22?,23-,24+,26-,27+,28+,29+,30?,31+,32-,33-,40+,41-,42+/m0/s1. The van der Waals surface area contributed by atoms with E-state index in [1.807, 2.05) is 0 Å². The molecule has 0 radical (unpaired) electrons. The molecule has 6 aliphatic rings. The molecule has 0 aromatic heterocycles. The molecule has 14 atom stereocenters. The molecule has 59 heavy (non-hydrogen) atoms. The SMILES string of the molecule is CC(=O)O[C@@]12CO[C@@H]1C[C@H](O)[C@]1(C)C2[C@H](OC(=O)c2ccccc2)[C@]23OC(=O)O[C@H]2[C@H](OC(=O)[C@H](O)[C@@H](NC(=O)C(C)(C)C)C2CCCO2)C(C)=C([C@@H](O)[C@H]1O)C3(C)C. The summed E-state index contributed by atoms with van der Waals surface area (Å²) in [4.78, 5) is 68.6. The molecule has 1 aromatic rings. The first-order valence-electron chi connectivity index (χ1n) is 20.1. The summed E-state index contributed by atoms with van der Waals surface area (Å²) in [5.41, 5.74) is -8.28. The number of carbonyl (C=O) groups is 5. The predicted molar refractivity (Wildman–Crippen MR) is 201 cm³/mol. The Kier molecular flexibility index (Phi) is 10.8. The molecule has 2 unspecified atom stereocenters. The molecule has 3 aliphatic heterocycles. The van der Waals surface area contributed by atoms with Gasteiger partial charge in [0.15, 0.2) is 30.0 Å². The third-order valence-corrected chi connectivity index (χ3v) is 13.8. The van der Waals surface area contributed by atoms with Crippen LogP contribution in [0.4, 0.5) is 4.79 Å². The maximum absolute atomic E-state index is 14.4. The molecule has 324 valence electrons. The van der Waals surface area contributed by atoms with E-state index in [0.717, 1.165) is 6.92 Å². The number of benzene rings is 1. The van der Waals surface area contributed by atoms with Crippen molar-refractivity contribution < 1.29 is 77.6 Å². The number of esters is 3. The summed E-state index contributed by atoms with van der Waals surface area (Å²) >= 11 is 0. The van der Waals surface area contributed by atoms with E-state index >= 15 is 0 Å². The van der Waals surface area contributed by atoms with Crippen LogP contribution in [0.3, 0.4) is 0 Å². The molecule has 2 saturated carbocycles. The molecule has 1 spiro atoms. The van der Waals surface area contributed by atoms with Gasteiger partial charge in [-0.2, -0.15) is 0 Å². The van der Waals surface area contributed by atoms with Crippen molar-refractivity contribution in [1.82, 2.24) is 5.32 Å². The van der Waals surface area contributed by atoms with Gasteiger partial charge >= 0.3 is 24.1 Å². The zero-order chi connectivity index (χ0) is 43.2. The molecular weight excluding hydrogens is 774 g/mol. The van der Waals surface area contributed by atoms with Gasteiger partial charge in [0.2, 0.25) is 11.5 Å². The van der Waals surface area contributed by atoms with Gasteiger partial charge in [-0.05, 0) is 43.0 Å². The Morgan fingerprint density at radius 2 is 1.68 bits per heavy atom. The highest BCUT2D eigenvalue weighted by atomic mass is 16.8. The van der Waals surface area contributed by atoms with Gasteiger partial charge in [0.25, 0.3) is 0 Å². The lowest BCUT2D eigenvalue weighted by molar-refractivity contribution is -0.364. The van der Waals surface area contributed by atoms with Crippen molar-refractivity contribution in [1.29, 1.82) is 0 Å². The summed E-state index contributed by atoms with van der Waals surface area (Å²) in [6, 6.07) is 6.59. The van der Waals surface area contributed by atoms with Gasteiger partial charge in [-0.1, -0.05) is 59.7 Å². The van der Waals surface area contributed by atoms with Crippen LogP contribution < -0.4 is 5.32 Å². The molecule has 17 heteroatoms. The number of rotatable bonds is 8. The van der Waals surface area contributed by atoms with E-state index < -0.39 is 124 Å². The number of fused-ring (bicyclic) bond motifs is 4. The van der Waals surface area contributed by atoms with Gasteiger partial charge in [0.1, 0.15) is 12.2 Å². The van der Waals surface area contributed by atoms with Crippen molar-refractivity contribution in [3.63, 3.8) is 0 Å². The molecule has 2 bridgehead atoms. The minimum absolute atomic E-state index is 0.00436. The van der Waals surface area contributed by atoms with Gasteiger partial charge in [0.05, 0.1) is 42.4 Å². The van der Waals surface area contributed by atoms with E-state index in [0.29, 0.717) is 19.4 Å². The van der Waals surface area contributed by atoms with Gasteiger partial charge < -0.3 is 58.9 Å². The number of ether oxygens (including phenoxy) is 7. The second-order valence-electron chi connectivity index (χ2n) is 18.5. The van der Waals surface area contributed by atoms with Crippen LogP contribution in [0.1, 0.15) is 85.0 Å². The fourth-order valence-corrected chi connectivity index (χ4v) is 10.7. The molecule has 3 saturated heterocycles. The topological polar surface area (TPSA) is 243 Å². The number of aliphatic hydroxyl groups excluding tert-OH is 4. The number of amides is 1. The van der Waals surface area contributed by atoms with Gasteiger partial charge in [-0.3, -0.25) is 9.59 Å². The highest BCUT2D eigenvalue weighted by Gasteiger charge is 2.82. The van der Waals surface area contributed by atoms with Crippen molar-refractivity contribution >= 4 is 30.0 Å². The van der Waals surface area contributed by atoms with Crippen molar-refractivity contribution in [2.45, 2.75) is 147 Å². The Hall–Kier alpha value is -4.13. The molecule has 3 aliphatic carbocycles. The van der Waals surface area contributed by atoms with Gasteiger partial charge in [-0.25, -0.2) is 14.4 Å². The number of carbonyl (C=O) groups excluding carboxylic acids is 5. The first-order chi connectivity index (χ1) is 27.5. The fourth-order valence-electron chi connectivity index (χ4n) is 10.7. The van der Waals surface area contributed by atoms with E-state index in [4.69, 9.17) is 33.2 Å². The lowest BCUT2D eigenvalue weighted by Crippen LogP contribution is -2.83. The summed E-state index contributed by atoms with van der Waals surface area (Å²) < 4.78 is 42.6. The number of nitrogens with one attached hydrogen (secondary N) is 1. The maximum Gasteiger partial charge on any atom is 0.509 e. The molecular formula is C42H55NO16. The smallest absolute Gasteiger partial charge is 0.454 e. The zero-order valence-corrected chi connectivity index (χ0v) is 34.5. The van der Waals surface area contributed by atoms with Crippen molar-refractivity contribution in [2.24, 2.45) is 22.2 Å². The van der Waals surface area contributed by atoms with E-state index in [-0.39, 0.29) is 29.7 Å². The molecule has 1 amide bonds. The molecule has 1 aromatic carbocycles. The van der Waals surface area contributed by atoms with Crippen LogP contribution in [0.2, 0.25) is 0 Å². The molecule has 5 N–H and O–H groups in total. The normalized spacial score (nSPS) is 39.3. The first-order valence-corrected chi connectivity index (χ1v) is 20.1. The lowest BCUT2D eigenvalue weighted by Gasteiger charge is -2.68. The Labute approximate surface area is 341 Å². The van der Waals surface area contributed by atoms with Gasteiger partial charge in [-0.15, -0.1) is 0 Å². The second kappa shape index (κ2) is 14.8. The van der Waals surface area contributed by atoms with Crippen LogP contribution >= 0.6 is 0 Å². The summed E-state index contributed by atoms with van der Waals surface area (Å²) in [6.07, 6.45) is -14.6. The van der Waals surface area contributed by atoms with Crippen molar-refractivity contribution in [3.05, 3.63) is 47.0 Å². The van der Waals surface area contributed by atoms with Crippen LogP contribution in [-0.4, -0.2) is 136 Å². The molecule has 3 heterocycles. The zero-order valence-electron chi connectivity index (χ0n) is 34.5. The van der Waals surface area contributed by atoms with Crippen LogP contribution in [0.25, 0.3) is 0 Å². The highest BCUT2D eigenvalue weighted by Crippen LogP contribution is 2.67. The highest BCUT2D eigenvalue weighted by molar-refractivity contribution is 5.89. The van der Waals surface area contributed by atoms with E-state index in [1.165, 1.54) is 26.0 Å².